The molecule has 31 heavy (non-hydrogen) atoms. The lowest BCUT2D eigenvalue weighted by molar-refractivity contribution is -0.105. The van der Waals surface area contributed by atoms with Crippen LogP contribution in [-0.2, 0) is 21.0 Å². The minimum atomic E-state index is -0.142. The highest BCUT2D eigenvalue weighted by atomic mass is 127. The summed E-state index contributed by atoms with van der Waals surface area (Å²) in [4.78, 5) is 22.0. The van der Waals surface area contributed by atoms with Crippen molar-refractivity contribution in [1.82, 2.24) is 12.8 Å². The maximum atomic E-state index is 10.9. The molecule has 2 heterocycles. The van der Waals surface area contributed by atoms with E-state index in [1.54, 1.807) is 31.3 Å². The first kappa shape index (κ1) is 25.7. The number of amides is 1. The second kappa shape index (κ2) is 12.5. The van der Waals surface area contributed by atoms with E-state index in [1.165, 1.54) is 33.3 Å². The lowest BCUT2D eigenvalue weighted by Gasteiger charge is -2.15. The normalized spacial score (nSPS) is 10.8. The fourth-order valence-electron chi connectivity index (χ4n) is 2.71. The second-order valence-electron chi connectivity index (χ2n) is 6.59. The number of hydrogen-bond donors (Lipinski definition) is 2. The molecule has 0 spiro atoms. The van der Waals surface area contributed by atoms with E-state index in [0.717, 1.165) is 23.1 Å². The molecule has 0 aliphatic heterocycles. The number of fused-ring (bicyclic) bond motifs is 1. The smallest absolute Gasteiger partial charge is 0.252 e. The number of hydrogen-bond acceptors (Lipinski definition) is 7. The number of aliphatic hydroxyl groups excluding tert-OH is 1. The van der Waals surface area contributed by atoms with Gasteiger partial charge in [0.2, 0.25) is 6.41 Å². The predicted molar refractivity (Wildman–Crippen MR) is 136 cm³/mol. The highest BCUT2D eigenvalue weighted by molar-refractivity contribution is 14.1. The first-order chi connectivity index (χ1) is 14.8. The first-order valence-corrected chi connectivity index (χ1v) is 11.7. The zero-order chi connectivity index (χ0) is 23.0. The zero-order valence-corrected chi connectivity index (χ0v) is 21.5. The highest BCUT2D eigenvalue weighted by Crippen LogP contribution is 2.36. The summed E-state index contributed by atoms with van der Waals surface area (Å²) in [6.07, 6.45) is 2.13. The highest BCUT2D eigenvalue weighted by Gasteiger charge is 2.15. The van der Waals surface area contributed by atoms with Gasteiger partial charge in [-0.25, -0.2) is 6.82 Å². The molecule has 0 radical (unpaired) electrons. The predicted octanol–water partition coefficient (Wildman–Crippen LogP) is 4.13. The number of nitrogens with zero attached hydrogens (tertiary/aromatic N) is 3. The maximum absolute atomic E-state index is 10.9. The standard InChI is InChI=1S/C13H17IN2O2S2.C7H8N2O2/c1-4-15(3)19-12-6-9(2)5-10-7-11(8-17)16(13(10)12)20-18-14;1-9-3-2-6(8-5-10)4-7(9)11/h5-7,17H,4,8H2,1-3H3;2-5H,1H3,(H,8,10). The van der Waals surface area contributed by atoms with E-state index in [1.807, 2.05) is 33.0 Å². The van der Waals surface area contributed by atoms with Crippen molar-refractivity contribution < 1.29 is 12.4 Å². The van der Waals surface area contributed by atoms with Crippen LogP contribution in [0.15, 0.2) is 46.2 Å². The van der Waals surface area contributed by atoms with E-state index in [-0.39, 0.29) is 12.2 Å². The molecule has 0 unspecified atom stereocenters. The third kappa shape index (κ3) is 6.99. The lowest BCUT2D eigenvalue weighted by atomic mass is 10.2. The molecule has 3 aromatic rings. The molecule has 2 aromatic heterocycles. The van der Waals surface area contributed by atoms with Gasteiger partial charge in [-0.3, -0.25) is 13.6 Å². The van der Waals surface area contributed by atoms with Crippen LogP contribution in [0.4, 0.5) is 5.69 Å². The van der Waals surface area contributed by atoms with Crippen LogP contribution in [0, 0.1) is 6.92 Å². The minimum Gasteiger partial charge on any atom is -0.390 e. The van der Waals surface area contributed by atoms with E-state index < -0.39 is 0 Å². The number of halogens is 1. The van der Waals surface area contributed by atoms with Crippen molar-refractivity contribution in [1.29, 1.82) is 0 Å². The molecule has 8 nitrogen and oxygen atoms in total. The molecule has 2 N–H and O–H groups in total. The average Bonchev–Trinajstić information content (AvgIpc) is 3.09. The van der Waals surface area contributed by atoms with Crippen molar-refractivity contribution in [2.75, 3.05) is 18.9 Å². The number of nitrogens with one attached hydrogen (secondary N) is 1. The molecule has 0 fully saturated rings. The molecule has 168 valence electrons. The summed E-state index contributed by atoms with van der Waals surface area (Å²) in [6.45, 7) is 5.17. The Morgan fingerprint density at radius 2 is 2.06 bits per heavy atom. The number of aryl methyl sites for hydroxylation is 2. The number of aromatic nitrogens is 2. The van der Waals surface area contributed by atoms with Gasteiger partial charge in [-0.2, -0.15) is 0 Å². The van der Waals surface area contributed by atoms with Gasteiger partial charge < -0.3 is 15.0 Å². The van der Waals surface area contributed by atoms with Gasteiger partial charge in [-0.1, -0.05) is 6.92 Å². The van der Waals surface area contributed by atoms with Crippen LogP contribution in [0.5, 0.6) is 0 Å². The van der Waals surface area contributed by atoms with Crippen LogP contribution in [0.3, 0.4) is 0 Å². The summed E-state index contributed by atoms with van der Waals surface area (Å²) in [6, 6.07) is 9.32. The van der Waals surface area contributed by atoms with Crippen molar-refractivity contribution in [2.24, 2.45) is 7.05 Å². The second-order valence-corrected chi connectivity index (χ2v) is 9.55. The van der Waals surface area contributed by atoms with Crippen molar-refractivity contribution in [3.8, 4) is 0 Å². The van der Waals surface area contributed by atoms with Crippen molar-refractivity contribution >= 4 is 70.2 Å². The number of carbonyl (C=O) groups excluding carboxylic acids is 1. The largest absolute Gasteiger partial charge is 0.390 e. The van der Waals surface area contributed by atoms with Crippen LogP contribution in [0.1, 0.15) is 18.2 Å². The van der Waals surface area contributed by atoms with Gasteiger partial charge >= 0.3 is 0 Å². The van der Waals surface area contributed by atoms with Gasteiger partial charge in [0.05, 0.1) is 17.8 Å². The van der Waals surface area contributed by atoms with Gasteiger partial charge in [0.15, 0.2) is 0 Å². The van der Waals surface area contributed by atoms with Crippen molar-refractivity contribution in [3.63, 3.8) is 0 Å². The van der Waals surface area contributed by atoms with E-state index in [9.17, 15) is 14.7 Å². The van der Waals surface area contributed by atoms with Crippen LogP contribution in [0.2, 0.25) is 0 Å². The Balaban J connectivity index is 0.000000262. The van der Waals surface area contributed by atoms with Crippen LogP contribution in [0.25, 0.3) is 10.9 Å². The molecule has 0 atom stereocenters. The third-order valence-corrected chi connectivity index (χ3v) is 6.51. The summed E-state index contributed by atoms with van der Waals surface area (Å²) < 4.78 is 10.7. The Morgan fingerprint density at radius 3 is 2.65 bits per heavy atom. The van der Waals surface area contributed by atoms with Gasteiger partial charge in [0.25, 0.3) is 5.56 Å². The van der Waals surface area contributed by atoms with Gasteiger partial charge in [-0.15, -0.1) is 0 Å². The molecule has 0 saturated heterocycles. The monoisotopic (exact) mass is 576 g/mol. The van der Waals surface area contributed by atoms with E-state index in [0.29, 0.717) is 12.1 Å². The minimum absolute atomic E-state index is 0.00550. The SMILES string of the molecule is CCN(C)Sc1cc(C)cc2cc(CO)n(SOI)c12.Cn1ccc(NC=O)cc1=O. The summed E-state index contributed by atoms with van der Waals surface area (Å²) in [5.41, 5.74) is 3.52. The van der Waals surface area contributed by atoms with E-state index >= 15 is 0 Å². The number of rotatable bonds is 8. The number of benzene rings is 1. The fraction of sp³-hybridized carbons (Fsp3) is 0.300. The molecule has 3 rings (SSSR count). The van der Waals surface area contributed by atoms with Crippen LogP contribution >= 0.6 is 47.2 Å². The topological polar surface area (TPSA) is 88.7 Å². The molecular formula is C20H25IN4O4S2. The summed E-state index contributed by atoms with van der Waals surface area (Å²) in [7, 11) is 3.72. The summed E-state index contributed by atoms with van der Waals surface area (Å²) in [5, 5.41) is 13.0. The van der Waals surface area contributed by atoms with Gasteiger partial charge in [0.1, 0.15) is 35.2 Å². The Bertz CT molecular complexity index is 1090. The number of aliphatic hydroxyl groups is 1. The molecule has 0 aliphatic carbocycles. The molecule has 0 bridgehead atoms. The fourth-order valence-corrected chi connectivity index (χ4v) is 4.79. The Morgan fingerprint density at radius 1 is 1.32 bits per heavy atom. The lowest BCUT2D eigenvalue weighted by Crippen LogP contribution is -2.15. The summed E-state index contributed by atoms with van der Waals surface area (Å²) >= 11 is 4.79. The number of pyridine rings is 1. The average molecular weight is 576 g/mol. The van der Waals surface area contributed by atoms with Crippen LogP contribution in [-0.4, -0.2) is 38.0 Å². The van der Waals surface area contributed by atoms with Crippen molar-refractivity contribution in [3.05, 3.63) is 58.1 Å². The van der Waals surface area contributed by atoms with E-state index in [4.69, 9.17) is 2.51 Å². The van der Waals surface area contributed by atoms with Crippen molar-refractivity contribution in [2.45, 2.75) is 25.3 Å². The molecule has 0 aliphatic rings. The maximum Gasteiger partial charge on any atom is 0.252 e. The van der Waals surface area contributed by atoms with E-state index in [2.05, 4.69) is 42.6 Å². The summed E-state index contributed by atoms with van der Waals surface area (Å²) in [5.74, 6) is 0. The third-order valence-electron chi connectivity index (χ3n) is 4.33. The molecule has 1 aromatic carbocycles. The quantitative estimate of drug-likeness (QED) is 0.181. The Kier molecular flexibility index (Phi) is 10.4. The Labute approximate surface area is 204 Å². The molecule has 1 amide bonds. The van der Waals surface area contributed by atoms with Gasteiger partial charge in [0, 0.05) is 41.8 Å². The molecule has 11 heteroatoms. The zero-order valence-electron chi connectivity index (χ0n) is 17.7. The Hall–Kier alpha value is -1.51. The van der Waals surface area contributed by atoms with Gasteiger partial charge in [-0.05, 0) is 55.7 Å². The first-order valence-electron chi connectivity index (χ1n) is 9.32. The van der Waals surface area contributed by atoms with Crippen LogP contribution < -0.4 is 10.9 Å². The number of anilines is 1. The molecule has 0 saturated carbocycles. The number of carbonyl (C=O) groups is 1. The molecular weight excluding hydrogens is 551 g/mol.